The van der Waals surface area contributed by atoms with E-state index >= 15 is 0 Å². The highest BCUT2D eigenvalue weighted by Gasteiger charge is 2.34. The van der Waals surface area contributed by atoms with Gasteiger partial charge in [0.2, 0.25) is 0 Å². The number of ether oxygens (including phenoxy) is 1. The summed E-state index contributed by atoms with van der Waals surface area (Å²) < 4.78 is 21.1. The minimum Gasteiger partial charge on any atom is -0.492 e. The van der Waals surface area contributed by atoms with E-state index in [1.807, 2.05) is 19.9 Å². The lowest BCUT2D eigenvalue weighted by molar-refractivity contribution is -0.106. The van der Waals surface area contributed by atoms with Gasteiger partial charge in [-0.15, -0.1) is 0 Å². The molecule has 0 fully saturated rings. The van der Waals surface area contributed by atoms with Crippen molar-refractivity contribution >= 4 is 33.4 Å². The maximum Gasteiger partial charge on any atom is 0.178 e. The molecule has 1 aliphatic rings. The SMILES string of the molecule is CCOc1c(C(CC)=C(F)C=O)cc2c(c1Br)C(C)(C)CC=C2C(C)C. The fourth-order valence-electron chi connectivity index (χ4n) is 3.71. The average molecular weight is 423 g/mol. The first-order valence-corrected chi connectivity index (χ1v) is 10.0. The van der Waals surface area contributed by atoms with E-state index in [9.17, 15) is 9.18 Å². The largest absolute Gasteiger partial charge is 0.492 e. The zero-order chi connectivity index (χ0) is 19.6. The van der Waals surface area contributed by atoms with E-state index in [0.717, 1.165) is 16.5 Å². The van der Waals surface area contributed by atoms with Crippen LogP contribution in [0.1, 0.15) is 71.1 Å². The molecule has 0 atom stereocenters. The van der Waals surface area contributed by atoms with E-state index in [0.29, 0.717) is 35.8 Å². The van der Waals surface area contributed by atoms with Gasteiger partial charge in [0.1, 0.15) is 5.75 Å². The molecule has 0 aromatic heterocycles. The van der Waals surface area contributed by atoms with E-state index in [2.05, 4.69) is 49.7 Å². The third kappa shape index (κ3) is 3.66. The lowest BCUT2D eigenvalue weighted by Gasteiger charge is -2.36. The molecule has 2 rings (SSSR count). The molecule has 1 aromatic rings. The minimum atomic E-state index is -0.731. The molecule has 26 heavy (non-hydrogen) atoms. The van der Waals surface area contributed by atoms with Gasteiger partial charge in [-0.3, -0.25) is 4.79 Å². The van der Waals surface area contributed by atoms with E-state index in [4.69, 9.17) is 4.74 Å². The molecule has 0 amide bonds. The summed E-state index contributed by atoms with van der Waals surface area (Å²) in [6, 6.07) is 2.01. The Bertz CT molecular complexity index is 773. The Labute approximate surface area is 164 Å². The quantitative estimate of drug-likeness (QED) is 0.369. The number of carbonyl (C=O) groups excluding carboxylic acids is 1. The van der Waals surface area contributed by atoms with Crippen LogP contribution in [-0.2, 0) is 10.2 Å². The highest BCUT2D eigenvalue weighted by atomic mass is 79.9. The summed E-state index contributed by atoms with van der Waals surface area (Å²) in [5.41, 5.74) is 4.55. The lowest BCUT2D eigenvalue weighted by atomic mass is 9.70. The van der Waals surface area contributed by atoms with Gasteiger partial charge in [-0.1, -0.05) is 40.7 Å². The smallest absolute Gasteiger partial charge is 0.178 e. The molecule has 2 nitrogen and oxygen atoms in total. The Morgan fingerprint density at radius 1 is 1.38 bits per heavy atom. The maximum absolute atomic E-state index is 14.3. The Morgan fingerprint density at radius 2 is 2.04 bits per heavy atom. The molecule has 0 unspecified atom stereocenters. The number of hydrogen-bond acceptors (Lipinski definition) is 2. The first-order valence-electron chi connectivity index (χ1n) is 9.23. The fourth-order valence-corrected chi connectivity index (χ4v) is 4.79. The summed E-state index contributed by atoms with van der Waals surface area (Å²) in [4.78, 5) is 11.1. The molecule has 1 aromatic carbocycles. The highest BCUT2D eigenvalue weighted by Crippen LogP contribution is 2.50. The van der Waals surface area contributed by atoms with Gasteiger partial charge in [0.25, 0.3) is 0 Å². The van der Waals surface area contributed by atoms with Gasteiger partial charge in [-0.05, 0) is 69.8 Å². The molecule has 0 heterocycles. The molecule has 0 radical (unpaired) electrons. The zero-order valence-electron chi connectivity index (χ0n) is 16.5. The summed E-state index contributed by atoms with van der Waals surface area (Å²) in [7, 11) is 0. The molecule has 142 valence electrons. The van der Waals surface area contributed by atoms with Crippen molar-refractivity contribution < 1.29 is 13.9 Å². The van der Waals surface area contributed by atoms with Crippen LogP contribution in [0.25, 0.3) is 11.1 Å². The van der Waals surface area contributed by atoms with Gasteiger partial charge in [-0.25, -0.2) is 4.39 Å². The molecule has 0 saturated heterocycles. The Balaban J connectivity index is 2.92. The highest BCUT2D eigenvalue weighted by molar-refractivity contribution is 9.10. The summed E-state index contributed by atoms with van der Waals surface area (Å²) in [5.74, 6) is 0.246. The first-order chi connectivity index (χ1) is 12.2. The van der Waals surface area contributed by atoms with Crippen LogP contribution in [0.4, 0.5) is 4.39 Å². The first kappa shape index (κ1) is 20.9. The van der Waals surface area contributed by atoms with Crippen LogP contribution in [0.3, 0.4) is 0 Å². The number of benzene rings is 1. The normalized spacial score (nSPS) is 16.7. The van der Waals surface area contributed by atoms with Crippen molar-refractivity contribution in [2.75, 3.05) is 6.61 Å². The molecule has 0 saturated carbocycles. The van der Waals surface area contributed by atoms with E-state index in [-0.39, 0.29) is 11.7 Å². The Hall–Kier alpha value is -1.42. The van der Waals surface area contributed by atoms with Gasteiger partial charge in [0.15, 0.2) is 12.1 Å². The number of allylic oxidation sites excluding steroid dienone is 4. The molecule has 0 N–H and O–H groups in total. The van der Waals surface area contributed by atoms with Gasteiger partial charge >= 0.3 is 0 Å². The van der Waals surface area contributed by atoms with Crippen LogP contribution in [0.15, 0.2) is 22.4 Å². The minimum absolute atomic E-state index is 0.0593. The number of aldehydes is 1. The molecular weight excluding hydrogens is 395 g/mol. The van der Waals surface area contributed by atoms with Crippen molar-refractivity contribution in [3.8, 4) is 5.75 Å². The summed E-state index contributed by atoms with van der Waals surface area (Å²) in [5, 5.41) is 0. The van der Waals surface area contributed by atoms with Gasteiger partial charge in [0, 0.05) is 11.1 Å². The second kappa shape index (κ2) is 8.08. The second-order valence-electron chi connectivity index (χ2n) is 7.62. The maximum atomic E-state index is 14.3. The predicted octanol–water partition coefficient (Wildman–Crippen LogP) is 6.86. The standard InChI is InChI=1S/C22H28BrFO2/c1-7-14(18(24)12-25)17-11-16-15(13(3)4)9-10-22(5,6)19(16)20(23)21(17)26-8-2/h9,11-13H,7-8,10H2,1-6H3. The van der Waals surface area contributed by atoms with Gasteiger partial charge < -0.3 is 4.74 Å². The fraction of sp³-hybridized carbons (Fsp3) is 0.500. The van der Waals surface area contributed by atoms with Gasteiger partial charge in [-0.2, -0.15) is 0 Å². The lowest BCUT2D eigenvalue weighted by Crippen LogP contribution is -2.24. The van der Waals surface area contributed by atoms with Crippen LogP contribution in [-0.4, -0.2) is 12.9 Å². The van der Waals surface area contributed by atoms with E-state index < -0.39 is 5.83 Å². The van der Waals surface area contributed by atoms with Crippen molar-refractivity contribution in [3.63, 3.8) is 0 Å². The Morgan fingerprint density at radius 3 is 2.54 bits per heavy atom. The van der Waals surface area contributed by atoms with Gasteiger partial charge in [0.05, 0.1) is 11.1 Å². The average Bonchev–Trinajstić information content (AvgIpc) is 2.57. The zero-order valence-corrected chi connectivity index (χ0v) is 18.1. The molecule has 0 spiro atoms. The second-order valence-corrected chi connectivity index (χ2v) is 8.42. The van der Waals surface area contributed by atoms with Crippen LogP contribution in [0, 0.1) is 5.92 Å². The Kier molecular flexibility index (Phi) is 6.49. The number of rotatable bonds is 6. The predicted molar refractivity (Wildman–Crippen MR) is 110 cm³/mol. The van der Waals surface area contributed by atoms with Crippen LogP contribution >= 0.6 is 15.9 Å². The van der Waals surface area contributed by atoms with Crippen molar-refractivity contribution in [2.45, 2.75) is 59.8 Å². The van der Waals surface area contributed by atoms with Crippen LogP contribution in [0.2, 0.25) is 0 Å². The summed E-state index contributed by atoms with van der Waals surface area (Å²) in [6.07, 6.45) is 3.93. The third-order valence-electron chi connectivity index (χ3n) is 5.02. The number of hydrogen-bond donors (Lipinski definition) is 0. The van der Waals surface area contributed by atoms with E-state index in [1.54, 1.807) is 0 Å². The monoisotopic (exact) mass is 422 g/mol. The van der Waals surface area contributed by atoms with Crippen molar-refractivity contribution in [2.24, 2.45) is 5.92 Å². The molecular formula is C22H28BrFO2. The van der Waals surface area contributed by atoms with Crippen LogP contribution < -0.4 is 4.74 Å². The third-order valence-corrected chi connectivity index (χ3v) is 5.78. The molecule has 0 bridgehead atoms. The summed E-state index contributed by atoms with van der Waals surface area (Å²) in [6.45, 7) is 13.0. The van der Waals surface area contributed by atoms with Crippen molar-refractivity contribution in [3.05, 3.63) is 39.1 Å². The number of carbonyl (C=O) groups is 1. The number of halogens is 2. The molecule has 4 heteroatoms. The molecule has 0 aliphatic heterocycles. The van der Waals surface area contributed by atoms with E-state index in [1.165, 1.54) is 11.1 Å². The number of fused-ring (bicyclic) bond motifs is 1. The summed E-state index contributed by atoms with van der Waals surface area (Å²) >= 11 is 3.75. The topological polar surface area (TPSA) is 26.3 Å². The molecule has 1 aliphatic carbocycles. The van der Waals surface area contributed by atoms with Crippen molar-refractivity contribution in [1.29, 1.82) is 0 Å². The van der Waals surface area contributed by atoms with Crippen molar-refractivity contribution in [1.82, 2.24) is 0 Å². The van der Waals surface area contributed by atoms with Crippen LogP contribution in [0.5, 0.6) is 5.75 Å².